The topological polar surface area (TPSA) is 111 Å². The van der Waals surface area contributed by atoms with E-state index in [0.29, 0.717) is 25.0 Å². The van der Waals surface area contributed by atoms with Crippen LogP contribution in [0.15, 0.2) is 29.0 Å². The molecule has 0 saturated heterocycles. The molecule has 0 radical (unpaired) electrons. The van der Waals surface area contributed by atoms with Crippen molar-refractivity contribution in [2.24, 2.45) is 33.7 Å². The molecule has 210 valence electrons. The highest BCUT2D eigenvalue weighted by Gasteiger charge is 2.77. The average molecular weight is 534 g/mol. The average Bonchev–Trinajstić information content (AvgIpc) is 3.10. The van der Waals surface area contributed by atoms with Crippen LogP contribution in [-0.4, -0.2) is 59.6 Å². The first-order valence-corrected chi connectivity index (χ1v) is 13.6. The SMILES string of the molecule is CCC(=O)OCC(=O)[C@@]1(OC(=O)CC)[C@@H](C)C[C@H]2[C@@H]3CCC4=C/C(=N\OC)C=C[C@]4(C)[C@@]3(F)[C@@H](O)C[C@@]21C. The van der Waals surface area contributed by atoms with E-state index in [9.17, 15) is 19.5 Å². The van der Waals surface area contributed by atoms with E-state index >= 15 is 4.39 Å². The molecule has 9 heteroatoms. The van der Waals surface area contributed by atoms with Crippen LogP contribution in [0.1, 0.15) is 73.1 Å². The standard InChI is InChI=1S/C29H40FNO7/c1-7-24(34)37-16-23(33)29(38-25(35)8-2)17(3)13-21-20-10-9-18-14-19(31-36-6)11-12-26(18,4)28(20,30)22(32)15-27(21,29)5/h11-12,14,17,20-22,32H,7-10,13,15-16H2,1-6H3/b31-19-/t17-,20-,21-,22-,26-,27-,28-,29-/m0/s1. The molecule has 4 aliphatic rings. The second-order valence-electron chi connectivity index (χ2n) is 11.7. The highest BCUT2D eigenvalue weighted by Crippen LogP contribution is 2.71. The number of halogens is 1. The molecular formula is C29H40FNO7. The smallest absolute Gasteiger partial charge is 0.306 e. The number of nitrogens with zero attached hydrogens (tertiary/aromatic N) is 1. The summed E-state index contributed by atoms with van der Waals surface area (Å²) in [5.41, 5.74) is -4.33. The Morgan fingerprint density at radius 2 is 1.84 bits per heavy atom. The Balaban J connectivity index is 1.79. The molecule has 4 rings (SSSR count). The van der Waals surface area contributed by atoms with E-state index in [1.54, 1.807) is 26.0 Å². The number of fused-ring (bicyclic) bond motifs is 5. The molecule has 1 N–H and O–H groups in total. The third-order valence-electron chi connectivity index (χ3n) is 10.0. The van der Waals surface area contributed by atoms with Gasteiger partial charge in [0.2, 0.25) is 5.78 Å². The molecule has 0 aromatic rings. The summed E-state index contributed by atoms with van der Waals surface area (Å²) in [7, 11) is 1.45. The van der Waals surface area contributed by atoms with Crippen molar-refractivity contribution in [2.45, 2.75) is 90.5 Å². The Morgan fingerprint density at radius 1 is 1.16 bits per heavy atom. The lowest BCUT2D eigenvalue weighted by Gasteiger charge is -2.62. The summed E-state index contributed by atoms with van der Waals surface area (Å²) in [6.45, 7) is 8.22. The maximum atomic E-state index is 17.6. The molecule has 0 unspecified atom stereocenters. The van der Waals surface area contributed by atoms with Crippen LogP contribution in [0.5, 0.6) is 0 Å². The van der Waals surface area contributed by atoms with E-state index in [4.69, 9.17) is 14.3 Å². The molecule has 0 aromatic carbocycles. The summed E-state index contributed by atoms with van der Waals surface area (Å²) in [5.74, 6) is -2.99. The molecular weight excluding hydrogens is 493 g/mol. The van der Waals surface area contributed by atoms with Gasteiger partial charge in [0.15, 0.2) is 17.9 Å². The molecule has 38 heavy (non-hydrogen) atoms. The van der Waals surface area contributed by atoms with Crippen molar-refractivity contribution in [3.8, 4) is 0 Å². The minimum absolute atomic E-state index is 0.0542. The molecule has 4 aliphatic carbocycles. The molecule has 0 spiro atoms. The summed E-state index contributed by atoms with van der Waals surface area (Å²) in [6.07, 6.45) is 5.48. The molecule has 0 aromatic heterocycles. The Bertz CT molecular complexity index is 1100. The Labute approximate surface area is 223 Å². The molecule has 3 fully saturated rings. The Kier molecular flexibility index (Phi) is 7.40. The van der Waals surface area contributed by atoms with Crippen LogP contribution in [0.25, 0.3) is 0 Å². The van der Waals surface area contributed by atoms with Gasteiger partial charge in [-0.25, -0.2) is 4.39 Å². The zero-order valence-corrected chi connectivity index (χ0v) is 23.2. The largest absolute Gasteiger partial charge is 0.457 e. The van der Waals surface area contributed by atoms with Crippen LogP contribution in [0.4, 0.5) is 4.39 Å². The van der Waals surface area contributed by atoms with Crippen LogP contribution in [0.3, 0.4) is 0 Å². The van der Waals surface area contributed by atoms with Gasteiger partial charge in [0.25, 0.3) is 0 Å². The summed E-state index contributed by atoms with van der Waals surface area (Å²) in [4.78, 5) is 43.4. The molecule has 3 saturated carbocycles. The fourth-order valence-electron chi connectivity index (χ4n) is 8.18. The highest BCUT2D eigenvalue weighted by molar-refractivity contribution is 6.05. The zero-order chi connectivity index (χ0) is 28.1. The monoisotopic (exact) mass is 533 g/mol. The fraction of sp³-hybridized carbons (Fsp3) is 0.724. The van der Waals surface area contributed by atoms with Crippen LogP contribution < -0.4 is 0 Å². The molecule has 0 bridgehead atoms. The van der Waals surface area contributed by atoms with Crippen molar-refractivity contribution in [2.75, 3.05) is 13.7 Å². The lowest BCUT2D eigenvalue weighted by molar-refractivity contribution is -0.228. The molecule has 0 aliphatic heterocycles. The third kappa shape index (κ3) is 3.79. The second kappa shape index (κ2) is 9.88. The van der Waals surface area contributed by atoms with Crippen LogP contribution in [0, 0.1) is 28.6 Å². The number of aliphatic hydroxyl groups excluding tert-OH is 1. The van der Waals surface area contributed by atoms with E-state index < -0.39 is 64.4 Å². The number of carbonyl (C=O) groups is 3. The Morgan fingerprint density at radius 3 is 2.47 bits per heavy atom. The number of esters is 2. The summed E-state index contributed by atoms with van der Waals surface area (Å²) < 4.78 is 28.8. The lowest BCUT2D eigenvalue weighted by Crippen LogP contribution is -2.70. The van der Waals surface area contributed by atoms with Crippen LogP contribution in [0.2, 0.25) is 0 Å². The van der Waals surface area contributed by atoms with Crippen molar-refractivity contribution in [3.05, 3.63) is 23.8 Å². The first-order valence-electron chi connectivity index (χ1n) is 13.6. The number of ether oxygens (including phenoxy) is 2. The first-order chi connectivity index (χ1) is 17.8. The van der Waals surface area contributed by atoms with Gasteiger partial charge in [0.05, 0.1) is 6.10 Å². The number of aliphatic hydroxyl groups is 1. The second-order valence-corrected chi connectivity index (χ2v) is 11.7. The van der Waals surface area contributed by atoms with Gasteiger partial charge in [-0.15, -0.1) is 0 Å². The van der Waals surface area contributed by atoms with E-state index in [1.165, 1.54) is 7.11 Å². The van der Waals surface area contributed by atoms with Gasteiger partial charge < -0.3 is 19.4 Å². The highest BCUT2D eigenvalue weighted by atomic mass is 19.1. The van der Waals surface area contributed by atoms with Gasteiger partial charge in [-0.05, 0) is 50.7 Å². The number of carbonyl (C=O) groups excluding carboxylic acids is 3. The number of Topliss-reactive ketones (excluding diaryl/α,β-unsaturated/α-hetero) is 1. The number of allylic oxidation sites excluding steroid dienone is 4. The number of rotatable bonds is 7. The first kappa shape index (κ1) is 28.5. The number of ketones is 1. The molecule has 8 atom stereocenters. The minimum atomic E-state index is -2.00. The predicted molar refractivity (Wildman–Crippen MR) is 138 cm³/mol. The van der Waals surface area contributed by atoms with E-state index in [1.807, 2.05) is 26.8 Å². The normalized spacial score (nSPS) is 42.4. The quantitative estimate of drug-likeness (QED) is 0.385. The van der Waals surface area contributed by atoms with Crippen molar-refractivity contribution >= 4 is 23.4 Å². The van der Waals surface area contributed by atoms with E-state index in [-0.39, 0.29) is 25.2 Å². The van der Waals surface area contributed by atoms with E-state index in [2.05, 4.69) is 5.16 Å². The summed E-state index contributed by atoms with van der Waals surface area (Å²) >= 11 is 0. The van der Waals surface area contributed by atoms with E-state index in [0.717, 1.165) is 5.57 Å². The van der Waals surface area contributed by atoms with Gasteiger partial charge in [0, 0.05) is 35.5 Å². The van der Waals surface area contributed by atoms with Crippen molar-refractivity contribution < 1.29 is 38.2 Å². The fourth-order valence-corrected chi connectivity index (χ4v) is 8.18. The van der Waals surface area contributed by atoms with Gasteiger partial charge in [-0.1, -0.05) is 44.5 Å². The van der Waals surface area contributed by atoms with Crippen molar-refractivity contribution in [1.29, 1.82) is 0 Å². The van der Waals surface area contributed by atoms with Crippen LogP contribution in [-0.2, 0) is 28.7 Å². The number of oxime groups is 1. The molecule has 8 nitrogen and oxygen atoms in total. The van der Waals surface area contributed by atoms with Gasteiger partial charge in [-0.3, -0.25) is 14.4 Å². The van der Waals surface area contributed by atoms with Crippen molar-refractivity contribution in [1.82, 2.24) is 0 Å². The summed E-state index contributed by atoms with van der Waals surface area (Å²) in [6, 6.07) is 0. The number of hydrogen-bond acceptors (Lipinski definition) is 8. The third-order valence-corrected chi connectivity index (χ3v) is 10.0. The molecule has 0 heterocycles. The van der Waals surface area contributed by atoms with Crippen LogP contribution >= 0.6 is 0 Å². The Hall–Kier alpha value is -2.55. The summed E-state index contributed by atoms with van der Waals surface area (Å²) in [5, 5.41) is 15.7. The number of alkyl halides is 1. The predicted octanol–water partition coefficient (Wildman–Crippen LogP) is 4.25. The minimum Gasteiger partial charge on any atom is -0.457 e. The van der Waals surface area contributed by atoms with Gasteiger partial charge in [0.1, 0.15) is 12.8 Å². The zero-order valence-electron chi connectivity index (χ0n) is 23.2. The number of hydrogen-bond donors (Lipinski definition) is 1. The molecule has 0 amide bonds. The lowest BCUT2D eigenvalue weighted by atomic mass is 9.44. The van der Waals surface area contributed by atoms with Gasteiger partial charge in [-0.2, -0.15) is 0 Å². The van der Waals surface area contributed by atoms with Crippen molar-refractivity contribution in [3.63, 3.8) is 0 Å². The van der Waals surface area contributed by atoms with Gasteiger partial charge >= 0.3 is 11.9 Å². The maximum absolute atomic E-state index is 17.6. The maximum Gasteiger partial charge on any atom is 0.306 e.